The van der Waals surface area contributed by atoms with Crippen LogP contribution in [0, 0.1) is 0 Å². The molecule has 1 amide bonds. The van der Waals surface area contributed by atoms with Crippen molar-refractivity contribution < 1.29 is 33.5 Å². The molecule has 1 fully saturated rings. The lowest BCUT2D eigenvalue weighted by Gasteiger charge is -2.32. The van der Waals surface area contributed by atoms with Crippen molar-refractivity contribution >= 4 is 30.4 Å². The summed E-state index contributed by atoms with van der Waals surface area (Å²) in [4.78, 5) is 35.5. The second-order valence-electron chi connectivity index (χ2n) is 9.02. The van der Waals surface area contributed by atoms with E-state index in [0.717, 1.165) is 11.0 Å². The van der Waals surface area contributed by atoms with Crippen LogP contribution in [0.1, 0.15) is 50.5 Å². The first-order valence-corrected chi connectivity index (χ1v) is 10.6. The van der Waals surface area contributed by atoms with Crippen molar-refractivity contribution in [1.29, 1.82) is 0 Å². The molecule has 0 unspecified atom stereocenters. The fraction of sp³-hybridized carbons (Fsp3) is 0.375. The highest BCUT2D eigenvalue weighted by Gasteiger charge is 2.51. The van der Waals surface area contributed by atoms with Crippen molar-refractivity contribution in [2.75, 3.05) is 0 Å². The van der Waals surface area contributed by atoms with Crippen LogP contribution >= 0.6 is 0 Å². The van der Waals surface area contributed by atoms with E-state index in [1.54, 1.807) is 18.2 Å². The van der Waals surface area contributed by atoms with Crippen LogP contribution in [0.15, 0.2) is 48.5 Å². The van der Waals surface area contributed by atoms with E-state index in [2.05, 4.69) is 5.32 Å². The molecule has 0 bridgehead atoms. The summed E-state index contributed by atoms with van der Waals surface area (Å²) in [5.74, 6) is -2.04. The molecule has 0 aliphatic carbocycles. The Balaban J connectivity index is 1.67. The first kappa shape index (κ1) is 24.5. The first-order valence-electron chi connectivity index (χ1n) is 10.6. The Bertz CT molecular complexity index is 1030. The van der Waals surface area contributed by atoms with E-state index in [1.165, 1.54) is 25.1 Å². The molecule has 9 heteroatoms. The molecule has 1 saturated heterocycles. The number of rotatable bonds is 7. The highest BCUT2D eigenvalue weighted by Crippen LogP contribution is 2.36. The van der Waals surface area contributed by atoms with Crippen LogP contribution in [0.5, 0.6) is 5.75 Å². The second kappa shape index (κ2) is 9.37. The number of amides is 1. The van der Waals surface area contributed by atoms with Crippen molar-refractivity contribution in [3.8, 4) is 5.75 Å². The van der Waals surface area contributed by atoms with Crippen LogP contribution < -0.4 is 15.5 Å². The molecular weight excluding hydrogens is 425 g/mol. The monoisotopic (exact) mass is 453 g/mol. The van der Waals surface area contributed by atoms with Crippen LogP contribution in [0.25, 0.3) is 0 Å². The third kappa shape index (κ3) is 5.80. The van der Waals surface area contributed by atoms with E-state index in [9.17, 15) is 19.5 Å². The quantitative estimate of drug-likeness (QED) is 0.376. The molecule has 1 aliphatic rings. The largest absolute Gasteiger partial charge is 0.494 e. The summed E-state index contributed by atoms with van der Waals surface area (Å²) in [7, 11) is -0.511. The van der Waals surface area contributed by atoms with Gasteiger partial charge in [-0.25, -0.2) is 4.79 Å². The average Bonchev–Trinajstić information content (AvgIpc) is 2.94. The van der Waals surface area contributed by atoms with Crippen LogP contribution in [0.3, 0.4) is 0 Å². The Hall–Kier alpha value is -3.17. The molecule has 1 aliphatic heterocycles. The summed E-state index contributed by atoms with van der Waals surface area (Å²) in [6.45, 7) is 9.16. The van der Waals surface area contributed by atoms with Crippen LogP contribution in [-0.4, -0.2) is 47.3 Å². The number of hydrogen-bond donors (Lipinski definition) is 2. The fourth-order valence-electron chi connectivity index (χ4n) is 3.33. The van der Waals surface area contributed by atoms with Crippen molar-refractivity contribution in [2.24, 2.45) is 0 Å². The highest BCUT2D eigenvalue weighted by atomic mass is 16.7. The Morgan fingerprint density at radius 3 is 2.18 bits per heavy atom. The van der Waals surface area contributed by atoms with Crippen LogP contribution in [0.4, 0.5) is 0 Å². The summed E-state index contributed by atoms with van der Waals surface area (Å²) in [5, 5.41) is 12.1. The molecule has 2 aromatic carbocycles. The molecule has 1 atom stereocenters. The zero-order valence-corrected chi connectivity index (χ0v) is 19.4. The first-order chi connectivity index (χ1) is 15.4. The van der Waals surface area contributed by atoms with Gasteiger partial charge in [0, 0.05) is 18.9 Å². The van der Waals surface area contributed by atoms with E-state index in [1.807, 2.05) is 39.8 Å². The topological polar surface area (TPSA) is 111 Å². The number of carboxylic acid groups (broad SMARTS) is 1. The van der Waals surface area contributed by atoms with Gasteiger partial charge >= 0.3 is 19.1 Å². The lowest BCUT2D eigenvalue weighted by molar-refractivity contribution is -0.139. The maximum Gasteiger partial charge on any atom is 0.494 e. The molecule has 3 rings (SSSR count). The molecule has 8 nitrogen and oxygen atoms in total. The lowest BCUT2D eigenvalue weighted by atomic mass is 9.78. The molecule has 0 spiro atoms. The van der Waals surface area contributed by atoms with E-state index >= 15 is 0 Å². The maximum absolute atomic E-state index is 12.6. The normalized spacial score (nSPS) is 17.3. The van der Waals surface area contributed by atoms with E-state index < -0.39 is 42.2 Å². The highest BCUT2D eigenvalue weighted by molar-refractivity contribution is 6.62. The number of carbonyl (C=O) groups is 3. The summed E-state index contributed by atoms with van der Waals surface area (Å²) >= 11 is 0. The number of benzene rings is 2. The van der Waals surface area contributed by atoms with Gasteiger partial charge in [0.25, 0.3) is 5.91 Å². The van der Waals surface area contributed by atoms with Crippen molar-refractivity contribution in [3.05, 3.63) is 59.7 Å². The van der Waals surface area contributed by atoms with Gasteiger partial charge < -0.3 is 24.5 Å². The predicted molar refractivity (Wildman–Crippen MR) is 123 cm³/mol. The van der Waals surface area contributed by atoms with Gasteiger partial charge in [-0.3, -0.25) is 9.59 Å². The van der Waals surface area contributed by atoms with Gasteiger partial charge in [0.05, 0.1) is 11.2 Å². The molecule has 1 heterocycles. The lowest BCUT2D eigenvalue weighted by Crippen LogP contribution is -2.42. The Morgan fingerprint density at radius 1 is 1.03 bits per heavy atom. The van der Waals surface area contributed by atoms with Crippen LogP contribution in [0.2, 0.25) is 0 Å². The van der Waals surface area contributed by atoms with Crippen LogP contribution in [-0.2, 0) is 25.3 Å². The summed E-state index contributed by atoms with van der Waals surface area (Å²) in [6.07, 6.45) is 0.0916. The van der Waals surface area contributed by atoms with Gasteiger partial charge in [0.15, 0.2) is 0 Å². The van der Waals surface area contributed by atoms with Gasteiger partial charge in [-0.1, -0.05) is 30.3 Å². The number of aliphatic carboxylic acids is 1. The SMILES string of the molecule is CC(=O)Oc1cccc(C(=O)N[C@H](Cc2ccc(B3OC(C)(C)C(C)(C)O3)cc2)C(=O)O)c1. The Morgan fingerprint density at radius 2 is 1.64 bits per heavy atom. The van der Waals surface area contributed by atoms with E-state index in [-0.39, 0.29) is 17.7 Å². The molecule has 2 N–H and O–H groups in total. The summed E-state index contributed by atoms with van der Waals surface area (Å²) < 4.78 is 17.1. The standard InChI is InChI=1S/C24H28BNO7/c1-15(27)31-19-8-6-7-17(14-19)21(28)26-20(22(29)30)13-16-9-11-18(12-10-16)25-32-23(2,3)24(4,5)33-25/h6-12,14,20H,13H2,1-5H3,(H,26,28)(H,29,30)/t20-/m1/s1. The van der Waals surface area contributed by atoms with Gasteiger partial charge in [0.2, 0.25) is 0 Å². The Kier molecular flexibility index (Phi) is 6.95. The number of hydrogen-bond acceptors (Lipinski definition) is 6. The summed E-state index contributed by atoms with van der Waals surface area (Å²) in [5.41, 5.74) is 0.840. The minimum absolute atomic E-state index is 0.0916. The number of carboxylic acids is 1. The van der Waals surface area contributed by atoms with Gasteiger partial charge in [-0.2, -0.15) is 0 Å². The van der Waals surface area contributed by atoms with Crippen molar-refractivity contribution in [1.82, 2.24) is 5.32 Å². The average molecular weight is 453 g/mol. The van der Waals surface area contributed by atoms with Crippen molar-refractivity contribution in [3.63, 3.8) is 0 Å². The van der Waals surface area contributed by atoms with Crippen molar-refractivity contribution in [2.45, 2.75) is 58.3 Å². The predicted octanol–water partition coefficient (Wildman–Crippen LogP) is 2.34. The third-order valence-electron chi connectivity index (χ3n) is 5.91. The van der Waals surface area contributed by atoms with Gasteiger partial charge in [-0.15, -0.1) is 0 Å². The minimum atomic E-state index is -1.16. The van der Waals surface area contributed by atoms with Gasteiger partial charge in [-0.05, 0) is 56.9 Å². The maximum atomic E-state index is 12.6. The van der Waals surface area contributed by atoms with E-state index in [0.29, 0.717) is 0 Å². The Labute approximate surface area is 193 Å². The molecule has 0 saturated carbocycles. The molecular formula is C24H28BNO7. The fourth-order valence-corrected chi connectivity index (χ4v) is 3.33. The molecule has 0 aromatic heterocycles. The minimum Gasteiger partial charge on any atom is -0.480 e. The smallest absolute Gasteiger partial charge is 0.480 e. The molecule has 174 valence electrons. The number of carbonyl (C=O) groups excluding carboxylic acids is 2. The zero-order valence-electron chi connectivity index (χ0n) is 19.4. The number of esters is 1. The zero-order chi connectivity index (χ0) is 24.4. The summed E-state index contributed by atoms with van der Waals surface area (Å²) in [6, 6.07) is 12.1. The number of nitrogens with one attached hydrogen (secondary N) is 1. The molecule has 2 aromatic rings. The molecule has 33 heavy (non-hydrogen) atoms. The molecule has 0 radical (unpaired) electrons. The second-order valence-corrected chi connectivity index (χ2v) is 9.02. The number of ether oxygens (including phenoxy) is 1. The third-order valence-corrected chi connectivity index (χ3v) is 5.91. The van der Waals surface area contributed by atoms with E-state index in [4.69, 9.17) is 14.0 Å². The van der Waals surface area contributed by atoms with Gasteiger partial charge in [0.1, 0.15) is 11.8 Å².